The minimum Gasteiger partial charge on any atom is -0.303 e. The van der Waals surface area contributed by atoms with Crippen molar-refractivity contribution in [3.8, 4) is 0 Å². The summed E-state index contributed by atoms with van der Waals surface area (Å²) in [5.74, 6) is 0. The van der Waals surface area contributed by atoms with Gasteiger partial charge in [-0.3, -0.25) is 14.6 Å². The van der Waals surface area contributed by atoms with E-state index in [1.54, 1.807) is 29.5 Å². The van der Waals surface area contributed by atoms with E-state index in [4.69, 9.17) is 11.6 Å². The topological polar surface area (TPSA) is 55.6 Å². The van der Waals surface area contributed by atoms with Gasteiger partial charge in [0.25, 0.3) is 0 Å². The summed E-state index contributed by atoms with van der Waals surface area (Å²) in [6, 6.07) is 0.113. The molecular formula is C11H14ClN5. The van der Waals surface area contributed by atoms with E-state index in [0.29, 0.717) is 11.6 Å². The second-order valence-corrected chi connectivity index (χ2v) is 4.24. The van der Waals surface area contributed by atoms with Crippen LogP contribution in [0, 0.1) is 0 Å². The summed E-state index contributed by atoms with van der Waals surface area (Å²) in [4.78, 5) is 8.27. The molecule has 0 aromatic carbocycles. The van der Waals surface area contributed by atoms with Crippen LogP contribution in [0.3, 0.4) is 0 Å². The van der Waals surface area contributed by atoms with E-state index in [1.807, 2.05) is 14.0 Å². The highest BCUT2D eigenvalue weighted by Gasteiger charge is 2.09. The number of nitrogens with zero attached hydrogens (tertiary/aromatic N) is 4. The highest BCUT2D eigenvalue weighted by molar-refractivity contribution is 6.31. The molecule has 0 fully saturated rings. The average Bonchev–Trinajstić information content (AvgIpc) is 2.66. The van der Waals surface area contributed by atoms with E-state index >= 15 is 0 Å². The summed E-state index contributed by atoms with van der Waals surface area (Å²) < 4.78 is 1.70. The molecule has 0 spiro atoms. The Bertz CT molecular complexity index is 482. The van der Waals surface area contributed by atoms with Crippen LogP contribution in [0.1, 0.15) is 24.4 Å². The van der Waals surface area contributed by atoms with Crippen molar-refractivity contribution in [3.63, 3.8) is 0 Å². The number of nitrogens with one attached hydrogen (secondary N) is 1. The molecule has 0 aliphatic heterocycles. The molecule has 17 heavy (non-hydrogen) atoms. The third-order valence-corrected chi connectivity index (χ3v) is 2.77. The van der Waals surface area contributed by atoms with Crippen LogP contribution < -0.4 is 5.32 Å². The summed E-state index contributed by atoms with van der Waals surface area (Å²) in [5, 5.41) is 8.24. The molecule has 1 N–H and O–H groups in total. The van der Waals surface area contributed by atoms with E-state index in [0.717, 1.165) is 11.4 Å². The van der Waals surface area contributed by atoms with Gasteiger partial charge in [0.05, 0.1) is 16.4 Å². The molecule has 1 atom stereocenters. The van der Waals surface area contributed by atoms with Gasteiger partial charge in [-0.1, -0.05) is 11.6 Å². The number of rotatable bonds is 4. The summed E-state index contributed by atoms with van der Waals surface area (Å²) in [6.45, 7) is 2.64. The lowest BCUT2D eigenvalue weighted by Gasteiger charge is -2.11. The maximum atomic E-state index is 6.02. The van der Waals surface area contributed by atoms with Gasteiger partial charge in [-0.15, -0.1) is 0 Å². The highest BCUT2D eigenvalue weighted by Crippen LogP contribution is 2.14. The lowest BCUT2D eigenvalue weighted by atomic mass is 10.2. The van der Waals surface area contributed by atoms with E-state index < -0.39 is 0 Å². The summed E-state index contributed by atoms with van der Waals surface area (Å²) >= 11 is 6.02. The quantitative estimate of drug-likeness (QED) is 0.899. The Morgan fingerprint density at radius 2 is 2.29 bits per heavy atom. The zero-order valence-corrected chi connectivity index (χ0v) is 10.5. The smallest absolute Gasteiger partial charge is 0.0948 e. The predicted octanol–water partition coefficient (Wildman–Crippen LogP) is 1.71. The van der Waals surface area contributed by atoms with Crippen molar-refractivity contribution >= 4 is 11.6 Å². The van der Waals surface area contributed by atoms with Crippen molar-refractivity contribution in [2.45, 2.75) is 19.5 Å². The Morgan fingerprint density at radius 1 is 1.47 bits per heavy atom. The van der Waals surface area contributed by atoms with E-state index in [9.17, 15) is 0 Å². The van der Waals surface area contributed by atoms with Gasteiger partial charge in [0.15, 0.2) is 0 Å². The first kappa shape index (κ1) is 12.0. The lowest BCUT2D eigenvalue weighted by molar-refractivity contribution is 0.548. The molecule has 6 heteroatoms. The average molecular weight is 252 g/mol. The number of halogens is 1. The number of hydrogen-bond donors (Lipinski definition) is 1. The molecule has 0 aliphatic carbocycles. The van der Waals surface area contributed by atoms with Crippen LogP contribution in [-0.4, -0.2) is 19.7 Å². The molecule has 0 radical (unpaired) electrons. The van der Waals surface area contributed by atoms with Crippen molar-refractivity contribution in [2.75, 3.05) is 0 Å². The van der Waals surface area contributed by atoms with E-state index in [-0.39, 0.29) is 6.04 Å². The molecule has 0 aliphatic rings. The molecule has 1 unspecified atom stereocenters. The number of aryl methyl sites for hydroxylation is 1. The maximum Gasteiger partial charge on any atom is 0.0948 e. The molecule has 0 amide bonds. The maximum absolute atomic E-state index is 6.02. The number of hydrogen-bond acceptors (Lipinski definition) is 4. The van der Waals surface area contributed by atoms with Crippen LogP contribution in [0.25, 0.3) is 0 Å². The third-order valence-electron chi connectivity index (χ3n) is 2.46. The van der Waals surface area contributed by atoms with Gasteiger partial charge in [-0.25, -0.2) is 0 Å². The van der Waals surface area contributed by atoms with Gasteiger partial charge in [0.2, 0.25) is 0 Å². The molecular weight excluding hydrogens is 238 g/mol. The Hall–Kier alpha value is -1.46. The van der Waals surface area contributed by atoms with E-state index in [1.165, 1.54) is 0 Å². The van der Waals surface area contributed by atoms with Crippen molar-refractivity contribution in [2.24, 2.45) is 7.05 Å². The molecule has 90 valence electrons. The first-order valence-electron chi connectivity index (χ1n) is 5.34. The van der Waals surface area contributed by atoms with Crippen LogP contribution in [0.2, 0.25) is 5.02 Å². The minimum absolute atomic E-state index is 0.113. The second kappa shape index (κ2) is 5.25. The van der Waals surface area contributed by atoms with Crippen LogP contribution in [0.5, 0.6) is 0 Å². The zero-order valence-electron chi connectivity index (χ0n) is 9.76. The van der Waals surface area contributed by atoms with Gasteiger partial charge in [-0.2, -0.15) is 5.10 Å². The fourth-order valence-corrected chi connectivity index (χ4v) is 1.76. The van der Waals surface area contributed by atoms with Crippen molar-refractivity contribution < 1.29 is 0 Å². The molecule has 2 aromatic heterocycles. The lowest BCUT2D eigenvalue weighted by Crippen LogP contribution is -2.19. The van der Waals surface area contributed by atoms with Crippen LogP contribution >= 0.6 is 11.6 Å². The minimum atomic E-state index is 0.113. The van der Waals surface area contributed by atoms with Gasteiger partial charge in [0, 0.05) is 44.4 Å². The zero-order chi connectivity index (χ0) is 12.3. The van der Waals surface area contributed by atoms with Crippen molar-refractivity contribution in [1.29, 1.82) is 0 Å². The monoisotopic (exact) mass is 251 g/mol. The first-order valence-corrected chi connectivity index (χ1v) is 5.72. The van der Waals surface area contributed by atoms with Gasteiger partial charge in [-0.05, 0) is 6.92 Å². The van der Waals surface area contributed by atoms with Crippen LogP contribution in [0.4, 0.5) is 0 Å². The largest absolute Gasteiger partial charge is 0.303 e. The third kappa shape index (κ3) is 3.01. The predicted molar refractivity (Wildman–Crippen MR) is 65.5 cm³/mol. The van der Waals surface area contributed by atoms with Crippen molar-refractivity contribution in [1.82, 2.24) is 25.1 Å². The number of aromatic nitrogens is 4. The normalized spacial score (nSPS) is 12.6. The Labute approximate surface area is 105 Å². The molecule has 5 nitrogen and oxygen atoms in total. The van der Waals surface area contributed by atoms with Gasteiger partial charge >= 0.3 is 0 Å². The molecule has 2 aromatic rings. The van der Waals surface area contributed by atoms with Gasteiger partial charge in [0.1, 0.15) is 0 Å². The summed E-state index contributed by atoms with van der Waals surface area (Å²) in [5.41, 5.74) is 1.74. The summed E-state index contributed by atoms with van der Waals surface area (Å²) in [7, 11) is 1.85. The van der Waals surface area contributed by atoms with Crippen LogP contribution in [0.15, 0.2) is 24.8 Å². The standard InChI is InChI=1S/C11H14ClN5/c1-8(10-5-13-3-4-14-10)15-6-11-9(12)7-17(2)16-11/h3-5,7-8,15H,6H2,1-2H3. The van der Waals surface area contributed by atoms with Crippen molar-refractivity contribution in [3.05, 3.63) is 41.2 Å². The highest BCUT2D eigenvalue weighted by atomic mass is 35.5. The summed E-state index contributed by atoms with van der Waals surface area (Å²) in [6.07, 6.45) is 6.87. The SMILES string of the molecule is CC(NCc1nn(C)cc1Cl)c1cnccn1. The Kier molecular flexibility index (Phi) is 3.71. The first-order chi connectivity index (χ1) is 8.16. The fraction of sp³-hybridized carbons (Fsp3) is 0.364. The molecule has 0 bridgehead atoms. The van der Waals surface area contributed by atoms with E-state index in [2.05, 4.69) is 20.4 Å². The second-order valence-electron chi connectivity index (χ2n) is 3.83. The molecule has 2 rings (SSSR count). The fourth-order valence-electron chi connectivity index (χ4n) is 1.51. The van der Waals surface area contributed by atoms with Gasteiger partial charge < -0.3 is 5.32 Å². The van der Waals surface area contributed by atoms with Crippen LogP contribution in [-0.2, 0) is 13.6 Å². The molecule has 2 heterocycles. The molecule has 0 saturated carbocycles. The molecule has 0 saturated heterocycles. The Morgan fingerprint density at radius 3 is 2.88 bits per heavy atom. The Balaban J connectivity index is 1.97.